The lowest BCUT2D eigenvalue weighted by Gasteiger charge is -2.51. The van der Waals surface area contributed by atoms with Gasteiger partial charge in [0.05, 0.1) is 7.11 Å². The highest BCUT2D eigenvalue weighted by Crippen LogP contribution is 2.46. The van der Waals surface area contributed by atoms with Crippen molar-refractivity contribution >= 4 is 17.8 Å². The Morgan fingerprint density at radius 1 is 1.35 bits per heavy atom. The van der Waals surface area contributed by atoms with Gasteiger partial charge in [-0.3, -0.25) is 9.59 Å². The zero-order chi connectivity index (χ0) is 18.1. The maximum absolute atomic E-state index is 13.0. The summed E-state index contributed by atoms with van der Waals surface area (Å²) in [6.45, 7) is 3.41. The lowest BCUT2D eigenvalue weighted by Crippen LogP contribution is -2.56. The van der Waals surface area contributed by atoms with E-state index in [9.17, 15) is 9.59 Å². The average molecular weight is 359 g/mol. The molecule has 140 valence electrons. The smallest absolute Gasteiger partial charge is 0.228 e. The van der Waals surface area contributed by atoms with Gasteiger partial charge in [0, 0.05) is 57.3 Å². The first-order chi connectivity index (χ1) is 12.7. The molecule has 1 aliphatic carbocycles. The topological polar surface area (TPSA) is 87.7 Å². The highest BCUT2D eigenvalue weighted by molar-refractivity contribution is 5.82. The Morgan fingerprint density at radius 3 is 3.08 bits per heavy atom. The first-order valence-electron chi connectivity index (χ1n) is 9.33. The summed E-state index contributed by atoms with van der Waals surface area (Å²) >= 11 is 0. The van der Waals surface area contributed by atoms with Crippen LogP contribution in [0.2, 0.25) is 0 Å². The van der Waals surface area contributed by atoms with E-state index in [1.54, 1.807) is 19.4 Å². The summed E-state index contributed by atoms with van der Waals surface area (Å²) in [7, 11) is 1.60. The minimum atomic E-state index is 0.0331. The first kappa shape index (κ1) is 17.1. The number of hydrogen-bond acceptors (Lipinski definition) is 6. The van der Waals surface area contributed by atoms with Crippen molar-refractivity contribution < 1.29 is 14.3 Å². The van der Waals surface area contributed by atoms with Crippen molar-refractivity contribution in [2.75, 3.05) is 44.7 Å². The quantitative estimate of drug-likeness (QED) is 0.835. The zero-order valence-corrected chi connectivity index (χ0v) is 15.1. The molecule has 1 aromatic heterocycles. The van der Waals surface area contributed by atoms with Gasteiger partial charge in [0.25, 0.3) is 0 Å². The summed E-state index contributed by atoms with van der Waals surface area (Å²) < 4.78 is 5.19. The van der Waals surface area contributed by atoms with Gasteiger partial charge in [-0.15, -0.1) is 0 Å². The molecule has 0 bridgehead atoms. The second kappa shape index (κ2) is 7.09. The SMILES string of the molecule is COc1ccnc(N2CC[C@@H]3C[C@@H](C(=O)N4CCNC(=O)CC4)[C@@H]3C2)n1. The molecule has 0 aromatic carbocycles. The lowest BCUT2D eigenvalue weighted by molar-refractivity contribution is -0.144. The monoisotopic (exact) mass is 359 g/mol. The van der Waals surface area contributed by atoms with Gasteiger partial charge in [0.15, 0.2) is 0 Å². The Labute approximate surface area is 152 Å². The van der Waals surface area contributed by atoms with Crippen molar-refractivity contribution in [1.29, 1.82) is 0 Å². The van der Waals surface area contributed by atoms with Crippen molar-refractivity contribution in [3.63, 3.8) is 0 Å². The number of amides is 2. The Bertz CT molecular complexity index is 697. The molecule has 3 heterocycles. The molecule has 8 nitrogen and oxygen atoms in total. The van der Waals surface area contributed by atoms with Gasteiger partial charge in [0.1, 0.15) is 0 Å². The fraction of sp³-hybridized carbons (Fsp3) is 0.667. The number of methoxy groups -OCH3 is 1. The molecule has 1 saturated carbocycles. The second-order valence-electron chi connectivity index (χ2n) is 7.33. The zero-order valence-electron chi connectivity index (χ0n) is 15.1. The molecule has 26 heavy (non-hydrogen) atoms. The highest BCUT2D eigenvalue weighted by atomic mass is 16.5. The lowest BCUT2D eigenvalue weighted by atomic mass is 9.61. The number of carbonyl (C=O) groups is 2. The Morgan fingerprint density at radius 2 is 2.23 bits per heavy atom. The standard InChI is InChI=1S/C18H25N5O3/c1-26-16-2-5-20-18(21-16)23-7-3-12-10-13(14(12)11-23)17(25)22-8-4-15(24)19-6-9-22/h2,5,12-14H,3-4,6-11H2,1H3,(H,19,24)/t12-,13-,14-/m1/s1. The predicted molar refractivity (Wildman–Crippen MR) is 94.7 cm³/mol. The molecular weight excluding hydrogens is 334 g/mol. The molecular formula is C18H25N5O3. The third kappa shape index (κ3) is 3.20. The summed E-state index contributed by atoms with van der Waals surface area (Å²) in [6, 6.07) is 1.74. The van der Waals surface area contributed by atoms with E-state index >= 15 is 0 Å². The molecule has 1 N–H and O–H groups in total. The number of piperidine rings is 1. The van der Waals surface area contributed by atoms with Crippen LogP contribution >= 0.6 is 0 Å². The van der Waals surface area contributed by atoms with E-state index in [1.807, 2.05) is 4.90 Å². The van der Waals surface area contributed by atoms with E-state index in [1.165, 1.54) is 0 Å². The Kier molecular flexibility index (Phi) is 4.65. The number of nitrogens with one attached hydrogen (secondary N) is 1. The van der Waals surface area contributed by atoms with Crippen molar-refractivity contribution in [1.82, 2.24) is 20.2 Å². The van der Waals surface area contributed by atoms with E-state index in [4.69, 9.17) is 4.74 Å². The van der Waals surface area contributed by atoms with Crippen molar-refractivity contribution in [3.8, 4) is 5.88 Å². The minimum absolute atomic E-state index is 0.0331. The molecule has 1 aromatic rings. The van der Waals surface area contributed by atoms with Gasteiger partial charge in [-0.25, -0.2) is 4.98 Å². The number of anilines is 1. The summed E-state index contributed by atoms with van der Waals surface area (Å²) in [5.74, 6) is 2.48. The van der Waals surface area contributed by atoms with Crippen LogP contribution < -0.4 is 15.0 Å². The molecule has 0 radical (unpaired) electrons. The number of nitrogens with zero attached hydrogens (tertiary/aromatic N) is 4. The molecule has 2 amide bonds. The van der Waals surface area contributed by atoms with Crippen LogP contribution in [0.3, 0.4) is 0 Å². The molecule has 4 rings (SSSR count). The van der Waals surface area contributed by atoms with Crippen LogP contribution in [0.15, 0.2) is 12.3 Å². The van der Waals surface area contributed by atoms with Gasteiger partial charge in [0.2, 0.25) is 23.6 Å². The maximum atomic E-state index is 13.0. The largest absolute Gasteiger partial charge is 0.481 e. The summed E-state index contributed by atoms with van der Waals surface area (Å²) in [6.07, 6.45) is 4.14. The molecule has 2 saturated heterocycles. The third-order valence-electron chi connectivity index (χ3n) is 5.93. The second-order valence-corrected chi connectivity index (χ2v) is 7.33. The van der Waals surface area contributed by atoms with E-state index in [2.05, 4.69) is 20.2 Å². The molecule has 0 unspecified atom stereocenters. The summed E-state index contributed by atoms with van der Waals surface area (Å²) in [5, 5.41) is 2.83. The summed E-state index contributed by atoms with van der Waals surface area (Å²) in [4.78, 5) is 37.3. The number of carbonyl (C=O) groups excluding carboxylic acids is 2. The van der Waals surface area contributed by atoms with E-state index in [0.29, 0.717) is 49.7 Å². The van der Waals surface area contributed by atoms with Crippen LogP contribution in [0.25, 0.3) is 0 Å². The molecule has 0 spiro atoms. The van der Waals surface area contributed by atoms with E-state index in [0.717, 1.165) is 25.9 Å². The van der Waals surface area contributed by atoms with Crippen LogP contribution in [0.4, 0.5) is 5.95 Å². The highest BCUT2D eigenvalue weighted by Gasteiger charge is 2.49. The van der Waals surface area contributed by atoms with Crippen LogP contribution in [0.1, 0.15) is 19.3 Å². The van der Waals surface area contributed by atoms with Crippen LogP contribution in [-0.2, 0) is 9.59 Å². The summed E-state index contributed by atoms with van der Waals surface area (Å²) in [5.41, 5.74) is 0. The fourth-order valence-corrected chi connectivity index (χ4v) is 4.37. The van der Waals surface area contributed by atoms with E-state index < -0.39 is 0 Å². The predicted octanol–water partition coefficient (Wildman–Crippen LogP) is 0.296. The number of ether oxygens (including phenoxy) is 1. The number of fused-ring (bicyclic) bond motifs is 1. The van der Waals surface area contributed by atoms with Crippen LogP contribution in [0.5, 0.6) is 5.88 Å². The van der Waals surface area contributed by atoms with E-state index in [-0.39, 0.29) is 17.7 Å². The Balaban J connectivity index is 1.42. The molecule has 3 fully saturated rings. The van der Waals surface area contributed by atoms with Crippen LogP contribution in [0, 0.1) is 17.8 Å². The normalized spacial score (nSPS) is 28.5. The first-order valence-corrected chi connectivity index (χ1v) is 9.33. The van der Waals surface area contributed by atoms with Crippen molar-refractivity contribution in [2.45, 2.75) is 19.3 Å². The van der Waals surface area contributed by atoms with Gasteiger partial charge in [-0.05, 0) is 24.7 Å². The third-order valence-corrected chi connectivity index (χ3v) is 5.93. The number of rotatable bonds is 3. The number of aromatic nitrogens is 2. The Hall–Kier alpha value is -2.38. The van der Waals surface area contributed by atoms with Crippen molar-refractivity contribution in [3.05, 3.63) is 12.3 Å². The van der Waals surface area contributed by atoms with Gasteiger partial charge >= 0.3 is 0 Å². The maximum Gasteiger partial charge on any atom is 0.228 e. The molecule has 3 atom stereocenters. The average Bonchev–Trinajstić information content (AvgIpc) is 2.87. The van der Waals surface area contributed by atoms with Crippen LogP contribution in [-0.4, -0.2) is 66.5 Å². The fourth-order valence-electron chi connectivity index (χ4n) is 4.37. The van der Waals surface area contributed by atoms with Gasteiger partial charge < -0.3 is 19.9 Å². The molecule has 3 aliphatic rings. The van der Waals surface area contributed by atoms with Crippen molar-refractivity contribution in [2.24, 2.45) is 17.8 Å². The minimum Gasteiger partial charge on any atom is -0.481 e. The van der Waals surface area contributed by atoms with Gasteiger partial charge in [-0.2, -0.15) is 4.98 Å². The molecule has 8 heteroatoms. The number of hydrogen-bond donors (Lipinski definition) is 1. The molecule has 2 aliphatic heterocycles. The van der Waals surface area contributed by atoms with Gasteiger partial charge in [-0.1, -0.05) is 0 Å².